The van der Waals surface area contributed by atoms with Gasteiger partial charge in [0, 0.05) is 22.2 Å². The van der Waals surface area contributed by atoms with Gasteiger partial charge in [0.1, 0.15) is 6.04 Å². The zero-order chi connectivity index (χ0) is 26.1. The summed E-state index contributed by atoms with van der Waals surface area (Å²) in [6.45, 7) is 7.99. The summed E-state index contributed by atoms with van der Waals surface area (Å²) < 4.78 is 1.81. The van der Waals surface area contributed by atoms with Crippen molar-refractivity contribution in [1.82, 2.24) is 14.8 Å². The van der Waals surface area contributed by atoms with E-state index in [0.29, 0.717) is 22.4 Å². The van der Waals surface area contributed by atoms with Crippen molar-refractivity contribution in [3.8, 4) is 0 Å². The Hall–Kier alpha value is -3.55. The lowest BCUT2D eigenvalue weighted by Crippen LogP contribution is -2.31. The number of nitrogens with zero attached hydrogens (tertiary/aromatic N) is 3. The van der Waals surface area contributed by atoms with E-state index >= 15 is 0 Å². The highest BCUT2D eigenvalue weighted by Crippen LogP contribution is 2.37. The van der Waals surface area contributed by atoms with Crippen molar-refractivity contribution < 1.29 is 4.79 Å². The van der Waals surface area contributed by atoms with Gasteiger partial charge in [-0.3, -0.25) is 4.79 Å². The van der Waals surface area contributed by atoms with Gasteiger partial charge in [0.25, 0.3) is 5.91 Å². The fraction of sp³-hybridized carbons (Fsp3) is 0.207. The minimum Gasteiger partial charge on any atom is -0.328 e. The van der Waals surface area contributed by atoms with Crippen LogP contribution in [0.2, 0.25) is 5.02 Å². The van der Waals surface area contributed by atoms with Gasteiger partial charge in [0.2, 0.25) is 11.1 Å². The number of carbonyl (C=O) groups is 1. The molecule has 0 aliphatic carbocycles. The molecular weight excluding hydrogens is 502 g/mol. The first kappa shape index (κ1) is 25.1. The molecule has 2 heterocycles. The van der Waals surface area contributed by atoms with Crippen molar-refractivity contribution in [2.75, 3.05) is 10.6 Å². The maximum atomic E-state index is 13.7. The summed E-state index contributed by atoms with van der Waals surface area (Å²) in [4.78, 5) is 18.5. The average Bonchev–Trinajstić information content (AvgIpc) is 3.27. The smallest absolute Gasteiger partial charge is 0.255 e. The summed E-state index contributed by atoms with van der Waals surface area (Å²) in [5, 5.41) is 12.6. The van der Waals surface area contributed by atoms with Crippen LogP contribution in [0.15, 0.2) is 83.2 Å². The quantitative estimate of drug-likeness (QED) is 0.261. The highest BCUT2D eigenvalue weighted by molar-refractivity contribution is 7.98. The third kappa shape index (κ3) is 5.29. The van der Waals surface area contributed by atoms with E-state index in [-0.39, 0.29) is 5.91 Å². The normalized spacial score (nSPS) is 14.8. The number of allylic oxidation sites excluding steroid dienone is 1. The van der Waals surface area contributed by atoms with Crippen LogP contribution in [0.4, 0.5) is 11.6 Å². The monoisotopic (exact) mass is 529 g/mol. The van der Waals surface area contributed by atoms with Gasteiger partial charge in [-0.1, -0.05) is 89.1 Å². The number of hydrogen-bond donors (Lipinski definition) is 2. The highest BCUT2D eigenvalue weighted by atomic mass is 35.5. The van der Waals surface area contributed by atoms with E-state index in [1.165, 1.54) is 11.8 Å². The van der Waals surface area contributed by atoms with Crippen molar-refractivity contribution in [2.45, 2.75) is 44.6 Å². The van der Waals surface area contributed by atoms with Gasteiger partial charge in [-0.25, -0.2) is 4.68 Å². The van der Waals surface area contributed by atoms with E-state index in [1.807, 2.05) is 80.9 Å². The van der Waals surface area contributed by atoms with Gasteiger partial charge >= 0.3 is 0 Å². The van der Waals surface area contributed by atoms with Crippen LogP contribution >= 0.6 is 23.4 Å². The Balaban J connectivity index is 1.50. The first-order chi connectivity index (χ1) is 17.8. The summed E-state index contributed by atoms with van der Waals surface area (Å²) in [6.07, 6.45) is 0. The first-order valence-corrected chi connectivity index (χ1v) is 13.4. The van der Waals surface area contributed by atoms with Crippen LogP contribution < -0.4 is 10.6 Å². The van der Waals surface area contributed by atoms with Crippen LogP contribution in [-0.4, -0.2) is 20.7 Å². The Labute approximate surface area is 226 Å². The Bertz CT molecular complexity index is 1510. The number of aromatic nitrogens is 3. The number of rotatable bonds is 6. The maximum absolute atomic E-state index is 13.7. The highest BCUT2D eigenvalue weighted by Gasteiger charge is 2.34. The Kier molecular flexibility index (Phi) is 7.09. The lowest BCUT2D eigenvalue weighted by molar-refractivity contribution is -0.113. The topological polar surface area (TPSA) is 71.8 Å². The molecule has 3 aromatic carbocycles. The second kappa shape index (κ2) is 10.4. The molecule has 8 heteroatoms. The number of anilines is 2. The SMILES string of the molecule is CC1=C(C(=O)Nc2ccc(C)cc2C)[C@H](c2ccc(C)cc2)n2nc(SCc3ccccc3Cl)nc2N1. The van der Waals surface area contributed by atoms with E-state index < -0.39 is 6.04 Å². The number of nitrogens with one attached hydrogen (secondary N) is 2. The first-order valence-electron chi connectivity index (χ1n) is 12.1. The minimum absolute atomic E-state index is 0.172. The molecule has 4 aromatic rings. The van der Waals surface area contributed by atoms with Crippen LogP contribution in [0.5, 0.6) is 0 Å². The summed E-state index contributed by atoms with van der Waals surface area (Å²) in [7, 11) is 0. The molecule has 1 aliphatic rings. The molecule has 37 heavy (non-hydrogen) atoms. The second-order valence-electron chi connectivity index (χ2n) is 9.29. The molecule has 6 nitrogen and oxygen atoms in total. The van der Waals surface area contributed by atoms with E-state index in [1.54, 1.807) is 0 Å². The Morgan fingerprint density at radius 3 is 2.49 bits per heavy atom. The third-order valence-corrected chi connectivity index (χ3v) is 7.67. The third-order valence-electron chi connectivity index (χ3n) is 6.42. The van der Waals surface area contributed by atoms with Gasteiger partial charge in [-0.15, -0.1) is 5.10 Å². The molecule has 2 N–H and O–H groups in total. The molecule has 0 saturated carbocycles. The standard InChI is InChI=1S/C29H28ClN5OS/c1-17-9-12-21(13-10-17)26-25(27(36)32-24-14-11-18(2)15-19(24)3)20(4)31-28-33-29(34-35(26)28)37-16-22-7-5-6-8-23(22)30/h5-15,26H,16H2,1-4H3,(H,32,36)(H,31,33,34)/t26-/m0/s1. The van der Waals surface area contributed by atoms with Crippen LogP contribution in [0.1, 0.15) is 40.8 Å². The summed E-state index contributed by atoms with van der Waals surface area (Å²) in [5.74, 6) is 1.08. The van der Waals surface area contributed by atoms with Gasteiger partial charge in [0.05, 0.1) is 5.57 Å². The number of aryl methyl sites for hydroxylation is 3. The number of amides is 1. The van der Waals surface area contributed by atoms with Crippen molar-refractivity contribution in [3.05, 3.63) is 111 Å². The molecule has 1 amide bonds. The average molecular weight is 530 g/mol. The predicted octanol–water partition coefficient (Wildman–Crippen LogP) is 7.08. The molecule has 0 bridgehead atoms. The number of carbonyl (C=O) groups excluding carboxylic acids is 1. The molecule has 0 radical (unpaired) electrons. The zero-order valence-electron chi connectivity index (χ0n) is 21.2. The summed E-state index contributed by atoms with van der Waals surface area (Å²) in [6, 6.07) is 21.5. The molecule has 0 saturated heterocycles. The molecular formula is C29H28ClN5OS. The maximum Gasteiger partial charge on any atom is 0.255 e. The predicted molar refractivity (Wildman–Crippen MR) is 151 cm³/mol. The van der Waals surface area contributed by atoms with E-state index in [0.717, 1.165) is 44.2 Å². The summed E-state index contributed by atoms with van der Waals surface area (Å²) >= 11 is 7.85. The van der Waals surface area contributed by atoms with Crippen molar-refractivity contribution in [3.63, 3.8) is 0 Å². The number of benzene rings is 3. The van der Waals surface area contributed by atoms with Crippen molar-refractivity contribution in [1.29, 1.82) is 0 Å². The van der Waals surface area contributed by atoms with Gasteiger partial charge < -0.3 is 10.6 Å². The molecule has 0 fully saturated rings. The molecule has 1 aromatic heterocycles. The molecule has 0 unspecified atom stereocenters. The molecule has 5 rings (SSSR count). The van der Waals surface area contributed by atoms with Crippen molar-refractivity contribution >= 4 is 40.9 Å². The zero-order valence-corrected chi connectivity index (χ0v) is 22.7. The van der Waals surface area contributed by atoms with Crippen LogP contribution in [0.25, 0.3) is 0 Å². The molecule has 188 valence electrons. The molecule has 0 spiro atoms. The number of thioether (sulfide) groups is 1. The van der Waals surface area contributed by atoms with Crippen LogP contribution in [0.3, 0.4) is 0 Å². The largest absolute Gasteiger partial charge is 0.328 e. The summed E-state index contributed by atoms with van der Waals surface area (Å²) in [5.41, 5.74) is 7.44. The Morgan fingerprint density at radius 2 is 1.76 bits per heavy atom. The number of fused-ring (bicyclic) bond motifs is 1. The number of hydrogen-bond acceptors (Lipinski definition) is 5. The van der Waals surface area contributed by atoms with Crippen LogP contribution in [0, 0.1) is 20.8 Å². The minimum atomic E-state index is -0.426. The lowest BCUT2D eigenvalue weighted by atomic mass is 9.94. The van der Waals surface area contributed by atoms with E-state index in [4.69, 9.17) is 21.7 Å². The van der Waals surface area contributed by atoms with Gasteiger partial charge in [-0.2, -0.15) is 4.98 Å². The fourth-order valence-electron chi connectivity index (χ4n) is 4.44. The Morgan fingerprint density at radius 1 is 1.03 bits per heavy atom. The molecule has 1 aliphatic heterocycles. The van der Waals surface area contributed by atoms with Crippen molar-refractivity contribution in [2.24, 2.45) is 0 Å². The van der Waals surface area contributed by atoms with E-state index in [2.05, 4.69) is 28.8 Å². The van der Waals surface area contributed by atoms with E-state index in [9.17, 15) is 4.79 Å². The lowest BCUT2D eigenvalue weighted by Gasteiger charge is -2.29. The fourth-order valence-corrected chi connectivity index (χ4v) is 5.56. The van der Waals surface area contributed by atoms with Gasteiger partial charge in [0.15, 0.2) is 0 Å². The van der Waals surface area contributed by atoms with Crippen LogP contribution in [-0.2, 0) is 10.5 Å². The number of halogens is 1. The van der Waals surface area contributed by atoms with Gasteiger partial charge in [-0.05, 0) is 56.5 Å². The molecule has 1 atom stereocenters. The second-order valence-corrected chi connectivity index (χ2v) is 10.6.